The summed E-state index contributed by atoms with van der Waals surface area (Å²) in [5.74, 6) is -0.160. The highest BCUT2D eigenvalue weighted by Crippen LogP contribution is 2.27. The smallest absolute Gasteiger partial charge is 0.126 e. The third-order valence-corrected chi connectivity index (χ3v) is 3.47. The normalized spacial score (nSPS) is 10.5. The number of halogens is 1. The van der Waals surface area contributed by atoms with Crippen LogP contribution in [-0.2, 0) is 0 Å². The van der Waals surface area contributed by atoms with Crippen molar-refractivity contribution in [2.45, 2.75) is 6.92 Å². The van der Waals surface area contributed by atoms with Crippen LogP contribution >= 0.6 is 0 Å². The lowest BCUT2D eigenvalue weighted by Crippen LogP contribution is -1.85. The fourth-order valence-corrected chi connectivity index (χ4v) is 2.28. The molecule has 20 heavy (non-hydrogen) atoms. The summed E-state index contributed by atoms with van der Waals surface area (Å²) in [5, 5.41) is 0. The molecule has 0 aliphatic carbocycles. The molecule has 0 heterocycles. The molecule has 0 aliphatic heterocycles. The van der Waals surface area contributed by atoms with Crippen LogP contribution in [0.2, 0.25) is 0 Å². The van der Waals surface area contributed by atoms with Gasteiger partial charge in [0.05, 0.1) is 0 Å². The molecule has 0 fully saturated rings. The summed E-state index contributed by atoms with van der Waals surface area (Å²) in [5.41, 5.74) is 4.93. The van der Waals surface area contributed by atoms with Crippen LogP contribution in [0.4, 0.5) is 4.39 Å². The number of aryl methyl sites for hydroxylation is 1. The molecule has 98 valence electrons. The van der Waals surface area contributed by atoms with Crippen LogP contribution in [0.1, 0.15) is 5.56 Å². The highest BCUT2D eigenvalue weighted by molar-refractivity contribution is 5.73. The molecule has 0 spiro atoms. The van der Waals surface area contributed by atoms with E-state index in [-0.39, 0.29) is 5.82 Å². The zero-order chi connectivity index (χ0) is 13.9. The van der Waals surface area contributed by atoms with E-state index in [2.05, 4.69) is 24.3 Å². The second-order valence-electron chi connectivity index (χ2n) is 4.91. The second kappa shape index (κ2) is 5.30. The van der Waals surface area contributed by atoms with Gasteiger partial charge in [0.1, 0.15) is 5.82 Å². The van der Waals surface area contributed by atoms with E-state index >= 15 is 0 Å². The first-order valence-corrected chi connectivity index (χ1v) is 6.66. The van der Waals surface area contributed by atoms with Gasteiger partial charge in [0.2, 0.25) is 0 Å². The van der Waals surface area contributed by atoms with Crippen LogP contribution in [-0.4, -0.2) is 0 Å². The van der Waals surface area contributed by atoms with Gasteiger partial charge >= 0.3 is 0 Å². The highest BCUT2D eigenvalue weighted by Gasteiger charge is 2.04. The first-order chi connectivity index (χ1) is 9.74. The average Bonchev–Trinajstić information content (AvgIpc) is 2.51. The largest absolute Gasteiger partial charge is 0.207 e. The van der Waals surface area contributed by atoms with E-state index in [1.54, 1.807) is 13.0 Å². The van der Waals surface area contributed by atoms with Gasteiger partial charge in [0.15, 0.2) is 0 Å². The van der Waals surface area contributed by atoms with Crippen LogP contribution in [0.15, 0.2) is 72.8 Å². The molecule has 0 unspecified atom stereocenters. The van der Waals surface area contributed by atoms with Gasteiger partial charge in [-0.25, -0.2) is 4.39 Å². The molecular formula is C19H15F. The first kappa shape index (κ1) is 12.6. The summed E-state index contributed by atoms with van der Waals surface area (Å²) in [4.78, 5) is 0. The van der Waals surface area contributed by atoms with Gasteiger partial charge in [0, 0.05) is 0 Å². The van der Waals surface area contributed by atoms with E-state index in [1.807, 2.05) is 42.5 Å². The van der Waals surface area contributed by atoms with Gasteiger partial charge in [0.25, 0.3) is 0 Å². The van der Waals surface area contributed by atoms with E-state index < -0.39 is 0 Å². The minimum atomic E-state index is -0.160. The summed E-state index contributed by atoms with van der Waals surface area (Å²) in [7, 11) is 0. The van der Waals surface area contributed by atoms with Crippen molar-refractivity contribution in [1.82, 2.24) is 0 Å². The van der Waals surface area contributed by atoms with Gasteiger partial charge in [-0.05, 0) is 46.9 Å². The Morgan fingerprint density at radius 2 is 1.20 bits per heavy atom. The Kier molecular flexibility index (Phi) is 3.34. The third-order valence-electron chi connectivity index (χ3n) is 3.47. The molecule has 0 nitrogen and oxygen atoms in total. The van der Waals surface area contributed by atoms with E-state index in [0.29, 0.717) is 5.56 Å². The molecular weight excluding hydrogens is 247 g/mol. The van der Waals surface area contributed by atoms with E-state index in [9.17, 15) is 4.39 Å². The molecule has 3 rings (SSSR count). The van der Waals surface area contributed by atoms with Gasteiger partial charge in [-0.3, -0.25) is 0 Å². The Morgan fingerprint density at radius 3 is 1.90 bits per heavy atom. The van der Waals surface area contributed by atoms with E-state index in [0.717, 1.165) is 16.7 Å². The standard InChI is InChI=1S/C19H15F/c1-14-10-11-18(13-19(14)20)17-9-5-8-16(12-17)15-6-3-2-4-7-15/h2-13H,1H3. The van der Waals surface area contributed by atoms with Gasteiger partial charge in [-0.2, -0.15) is 0 Å². The Balaban J connectivity index is 2.05. The van der Waals surface area contributed by atoms with Crippen LogP contribution in [0.5, 0.6) is 0 Å². The molecule has 0 amide bonds. The molecule has 0 N–H and O–H groups in total. The summed E-state index contributed by atoms with van der Waals surface area (Å²) < 4.78 is 13.7. The molecule has 0 atom stereocenters. The fourth-order valence-electron chi connectivity index (χ4n) is 2.28. The summed E-state index contributed by atoms with van der Waals surface area (Å²) in [6.45, 7) is 1.78. The van der Waals surface area contributed by atoms with Crippen molar-refractivity contribution in [2.75, 3.05) is 0 Å². The summed E-state index contributed by atoms with van der Waals surface area (Å²) >= 11 is 0. The minimum absolute atomic E-state index is 0.160. The second-order valence-corrected chi connectivity index (χ2v) is 4.91. The van der Waals surface area contributed by atoms with Gasteiger partial charge < -0.3 is 0 Å². The molecule has 0 bridgehead atoms. The zero-order valence-corrected chi connectivity index (χ0v) is 11.3. The maximum Gasteiger partial charge on any atom is 0.126 e. The van der Waals surface area contributed by atoms with Crippen LogP contribution in [0, 0.1) is 12.7 Å². The topological polar surface area (TPSA) is 0 Å². The van der Waals surface area contributed by atoms with Crippen molar-refractivity contribution < 1.29 is 4.39 Å². The lowest BCUT2D eigenvalue weighted by molar-refractivity contribution is 0.619. The summed E-state index contributed by atoms with van der Waals surface area (Å²) in [6.07, 6.45) is 0. The number of rotatable bonds is 2. The third kappa shape index (κ3) is 2.48. The lowest BCUT2D eigenvalue weighted by Gasteiger charge is -2.07. The Hall–Kier alpha value is -2.41. The maximum atomic E-state index is 13.7. The fraction of sp³-hybridized carbons (Fsp3) is 0.0526. The van der Waals surface area contributed by atoms with Gasteiger partial charge in [-0.1, -0.05) is 60.7 Å². The molecule has 0 aromatic heterocycles. The molecule has 3 aromatic rings. The van der Waals surface area contributed by atoms with Crippen molar-refractivity contribution in [1.29, 1.82) is 0 Å². The Labute approximate surface area is 118 Å². The van der Waals surface area contributed by atoms with Crippen molar-refractivity contribution in [3.63, 3.8) is 0 Å². The molecule has 1 heteroatoms. The monoisotopic (exact) mass is 262 g/mol. The predicted molar refractivity (Wildman–Crippen MR) is 82.0 cm³/mol. The highest BCUT2D eigenvalue weighted by atomic mass is 19.1. The van der Waals surface area contributed by atoms with Crippen LogP contribution in [0.3, 0.4) is 0 Å². The molecule has 0 radical (unpaired) electrons. The van der Waals surface area contributed by atoms with Crippen molar-refractivity contribution in [3.8, 4) is 22.3 Å². The lowest BCUT2D eigenvalue weighted by atomic mass is 9.98. The molecule has 0 saturated carbocycles. The van der Waals surface area contributed by atoms with Gasteiger partial charge in [-0.15, -0.1) is 0 Å². The maximum absolute atomic E-state index is 13.7. The van der Waals surface area contributed by atoms with Crippen LogP contribution in [0.25, 0.3) is 22.3 Å². The molecule has 0 saturated heterocycles. The predicted octanol–water partition coefficient (Wildman–Crippen LogP) is 5.47. The van der Waals surface area contributed by atoms with Crippen molar-refractivity contribution >= 4 is 0 Å². The zero-order valence-electron chi connectivity index (χ0n) is 11.3. The number of hydrogen-bond donors (Lipinski definition) is 0. The first-order valence-electron chi connectivity index (χ1n) is 6.66. The number of benzene rings is 3. The van der Waals surface area contributed by atoms with E-state index in [1.165, 1.54) is 5.56 Å². The van der Waals surface area contributed by atoms with E-state index in [4.69, 9.17) is 0 Å². The average molecular weight is 262 g/mol. The molecule has 0 aliphatic rings. The van der Waals surface area contributed by atoms with Crippen molar-refractivity contribution in [2.24, 2.45) is 0 Å². The number of hydrogen-bond acceptors (Lipinski definition) is 0. The SMILES string of the molecule is Cc1ccc(-c2cccc(-c3ccccc3)c2)cc1F. The Morgan fingerprint density at radius 1 is 0.600 bits per heavy atom. The Bertz CT molecular complexity index is 730. The molecule has 3 aromatic carbocycles. The van der Waals surface area contributed by atoms with Crippen molar-refractivity contribution in [3.05, 3.63) is 84.2 Å². The van der Waals surface area contributed by atoms with Crippen LogP contribution < -0.4 is 0 Å². The minimum Gasteiger partial charge on any atom is -0.207 e. The quantitative estimate of drug-likeness (QED) is 0.574. The summed E-state index contributed by atoms with van der Waals surface area (Å²) in [6, 6.07) is 23.8.